The van der Waals surface area contributed by atoms with E-state index in [1.807, 2.05) is 13.8 Å². The standard InChI is InChI=1S/C18H24F2N4O3/c1-11-15(12(2)27-24-11)7-8-22-18(21-3)23-10-13-9-14(25-4)5-6-16(13)26-17(19)20/h5-6,9,17H,7-8,10H2,1-4H3,(H2,21,22,23). The Balaban J connectivity index is 1.95. The van der Waals surface area contributed by atoms with Crippen molar-refractivity contribution in [1.82, 2.24) is 15.8 Å². The Morgan fingerprint density at radius 1 is 1.30 bits per heavy atom. The number of nitrogens with zero attached hydrogens (tertiary/aromatic N) is 2. The Hall–Kier alpha value is -2.84. The van der Waals surface area contributed by atoms with Gasteiger partial charge in [0, 0.05) is 31.3 Å². The number of ether oxygens (including phenoxy) is 2. The van der Waals surface area contributed by atoms with Crippen LogP contribution in [-0.2, 0) is 13.0 Å². The molecule has 2 N–H and O–H groups in total. The maximum atomic E-state index is 12.6. The van der Waals surface area contributed by atoms with E-state index in [-0.39, 0.29) is 12.3 Å². The molecule has 2 rings (SSSR count). The number of aromatic nitrogens is 1. The molecule has 0 bridgehead atoms. The number of rotatable bonds is 8. The number of alkyl halides is 2. The average Bonchev–Trinajstić information content (AvgIpc) is 2.96. The number of guanidine groups is 1. The van der Waals surface area contributed by atoms with E-state index in [2.05, 4.69) is 25.5 Å². The van der Waals surface area contributed by atoms with E-state index >= 15 is 0 Å². The quantitative estimate of drug-likeness (QED) is 0.540. The number of aryl methyl sites for hydroxylation is 2. The maximum absolute atomic E-state index is 12.6. The van der Waals surface area contributed by atoms with Gasteiger partial charge in [-0.1, -0.05) is 5.16 Å². The molecule has 0 aliphatic heterocycles. The Labute approximate surface area is 156 Å². The summed E-state index contributed by atoms with van der Waals surface area (Å²) in [6.45, 7) is 1.72. The lowest BCUT2D eigenvalue weighted by atomic mass is 10.1. The smallest absolute Gasteiger partial charge is 0.387 e. The first-order valence-corrected chi connectivity index (χ1v) is 8.42. The zero-order valence-corrected chi connectivity index (χ0v) is 15.8. The van der Waals surface area contributed by atoms with Gasteiger partial charge in [-0.2, -0.15) is 8.78 Å². The van der Waals surface area contributed by atoms with Gasteiger partial charge in [-0.25, -0.2) is 0 Å². The Bertz CT molecular complexity index is 758. The second kappa shape index (κ2) is 9.75. The maximum Gasteiger partial charge on any atom is 0.387 e. The minimum Gasteiger partial charge on any atom is -0.497 e. The summed E-state index contributed by atoms with van der Waals surface area (Å²) in [4.78, 5) is 4.14. The van der Waals surface area contributed by atoms with Crippen LogP contribution >= 0.6 is 0 Å². The lowest BCUT2D eigenvalue weighted by molar-refractivity contribution is -0.0504. The van der Waals surface area contributed by atoms with E-state index in [4.69, 9.17) is 9.26 Å². The van der Waals surface area contributed by atoms with Gasteiger partial charge in [-0.3, -0.25) is 4.99 Å². The summed E-state index contributed by atoms with van der Waals surface area (Å²) in [5, 5.41) is 10.2. The van der Waals surface area contributed by atoms with Gasteiger partial charge < -0.3 is 24.6 Å². The highest BCUT2D eigenvalue weighted by Crippen LogP contribution is 2.25. The second-order valence-electron chi connectivity index (χ2n) is 5.76. The Kier molecular flexibility index (Phi) is 7.39. The molecule has 0 aliphatic carbocycles. The fourth-order valence-corrected chi connectivity index (χ4v) is 2.60. The molecule has 7 nitrogen and oxygen atoms in total. The first-order valence-electron chi connectivity index (χ1n) is 8.42. The average molecular weight is 382 g/mol. The van der Waals surface area contributed by atoms with Crippen LogP contribution in [0.1, 0.15) is 22.6 Å². The van der Waals surface area contributed by atoms with E-state index in [9.17, 15) is 8.78 Å². The fraction of sp³-hybridized carbons (Fsp3) is 0.444. The molecule has 1 aromatic heterocycles. The summed E-state index contributed by atoms with van der Waals surface area (Å²) in [6.07, 6.45) is 0.723. The molecule has 0 aliphatic rings. The van der Waals surface area contributed by atoms with Gasteiger partial charge >= 0.3 is 6.61 Å². The molecule has 0 radical (unpaired) electrons. The molecule has 0 amide bonds. The van der Waals surface area contributed by atoms with Crippen molar-refractivity contribution in [2.24, 2.45) is 4.99 Å². The predicted octanol–water partition coefficient (Wildman–Crippen LogP) is 2.81. The van der Waals surface area contributed by atoms with Gasteiger partial charge in [0.15, 0.2) is 5.96 Å². The van der Waals surface area contributed by atoms with Crippen LogP contribution in [0.15, 0.2) is 27.7 Å². The fourth-order valence-electron chi connectivity index (χ4n) is 2.60. The number of benzene rings is 1. The molecular weight excluding hydrogens is 358 g/mol. The van der Waals surface area contributed by atoms with Gasteiger partial charge in [0.25, 0.3) is 0 Å². The highest BCUT2D eigenvalue weighted by atomic mass is 19.3. The van der Waals surface area contributed by atoms with Crippen LogP contribution in [0.25, 0.3) is 0 Å². The van der Waals surface area contributed by atoms with Crippen molar-refractivity contribution < 1.29 is 22.8 Å². The van der Waals surface area contributed by atoms with Crippen LogP contribution < -0.4 is 20.1 Å². The number of hydrogen-bond donors (Lipinski definition) is 2. The van der Waals surface area contributed by atoms with Crippen LogP contribution in [0, 0.1) is 13.8 Å². The molecule has 2 aromatic rings. The molecule has 148 valence electrons. The summed E-state index contributed by atoms with van der Waals surface area (Å²) in [7, 11) is 3.14. The zero-order valence-electron chi connectivity index (χ0n) is 15.8. The van der Waals surface area contributed by atoms with Crippen molar-refractivity contribution in [3.8, 4) is 11.5 Å². The van der Waals surface area contributed by atoms with Crippen LogP contribution in [0.4, 0.5) is 8.78 Å². The van der Waals surface area contributed by atoms with E-state index < -0.39 is 6.61 Å². The highest BCUT2D eigenvalue weighted by molar-refractivity contribution is 5.79. The molecule has 0 spiro atoms. The molecule has 27 heavy (non-hydrogen) atoms. The normalized spacial score (nSPS) is 11.6. The SMILES string of the molecule is CN=C(NCCc1c(C)noc1C)NCc1cc(OC)ccc1OC(F)F. The molecule has 0 saturated carbocycles. The van der Waals surface area contributed by atoms with Crippen molar-refractivity contribution in [3.63, 3.8) is 0 Å². The lowest BCUT2D eigenvalue weighted by Crippen LogP contribution is -2.38. The molecule has 0 fully saturated rings. The second-order valence-corrected chi connectivity index (χ2v) is 5.76. The summed E-state index contributed by atoms with van der Waals surface area (Å²) in [6, 6.07) is 4.66. The third-order valence-corrected chi connectivity index (χ3v) is 4.00. The van der Waals surface area contributed by atoms with Gasteiger partial charge in [0.05, 0.1) is 12.8 Å². The van der Waals surface area contributed by atoms with Crippen molar-refractivity contribution >= 4 is 5.96 Å². The van der Waals surface area contributed by atoms with E-state index in [1.54, 1.807) is 19.2 Å². The van der Waals surface area contributed by atoms with Gasteiger partial charge in [0.2, 0.25) is 0 Å². The summed E-state index contributed by atoms with van der Waals surface area (Å²) >= 11 is 0. The van der Waals surface area contributed by atoms with E-state index in [1.165, 1.54) is 13.2 Å². The van der Waals surface area contributed by atoms with Gasteiger partial charge in [-0.15, -0.1) is 0 Å². The van der Waals surface area contributed by atoms with Crippen molar-refractivity contribution in [1.29, 1.82) is 0 Å². The third-order valence-electron chi connectivity index (χ3n) is 4.00. The van der Waals surface area contributed by atoms with Crippen LogP contribution in [-0.4, -0.2) is 38.4 Å². The zero-order chi connectivity index (χ0) is 19.8. The summed E-state index contributed by atoms with van der Waals surface area (Å²) in [5.74, 6) is 1.97. The monoisotopic (exact) mass is 382 g/mol. The van der Waals surface area contributed by atoms with Crippen LogP contribution in [0.2, 0.25) is 0 Å². The summed E-state index contributed by atoms with van der Waals surface area (Å²) in [5.41, 5.74) is 2.45. The molecule has 0 saturated heterocycles. The largest absolute Gasteiger partial charge is 0.497 e. The molecule has 0 unspecified atom stereocenters. The molecule has 1 aromatic carbocycles. The summed E-state index contributed by atoms with van der Waals surface area (Å²) < 4.78 is 40.0. The number of nitrogens with one attached hydrogen (secondary N) is 2. The van der Waals surface area contributed by atoms with Crippen LogP contribution in [0.3, 0.4) is 0 Å². The molecule has 9 heteroatoms. The Morgan fingerprint density at radius 3 is 2.67 bits per heavy atom. The molecular formula is C18H24F2N4O3. The van der Waals surface area contributed by atoms with Gasteiger partial charge in [-0.05, 0) is 38.5 Å². The van der Waals surface area contributed by atoms with Crippen LogP contribution in [0.5, 0.6) is 11.5 Å². The van der Waals surface area contributed by atoms with Crippen molar-refractivity contribution in [2.45, 2.75) is 33.4 Å². The van der Waals surface area contributed by atoms with Crippen molar-refractivity contribution in [3.05, 3.63) is 40.8 Å². The highest BCUT2D eigenvalue weighted by Gasteiger charge is 2.12. The lowest BCUT2D eigenvalue weighted by Gasteiger charge is -2.15. The number of aliphatic imine (C=N–C) groups is 1. The Morgan fingerprint density at radius 2 is 2.07 bits per heavy atom. The number of halogens is 2. The van der Waals surface area contributed by atoms with Crippen molar-refractivity contribution in [2.75, 3.05) is 20.7 Å². The minimum absolute atomic E-state index is 0.0875. The first kappa shape index (κ1) is 20.5. The first-order chi connectivity index (χ1) is 12.9. The van der Waals surface area contributed by atoms with E-state index in [0.717, 1.165) is 23.4 Å². The number of methoxy groups -OCH3 is 1. The van der Waals surface area contributed by atoms with E-state index in [0.29, 0.717) is 23.8 Å². The topological polar surface area (TPSA) is 80.9 Å². The molecule has 0 atom stereocenters. The van der Waals surface area contributed by atoms with Gasteiger partial charge in [0.1, 0.15) is 17.3 Å². The minimum atomic E-state index is -2.90. The molecule has 1 heterocycles. The third kappa shape index (κ3) is 5.83. The predicted molar refractivity (Wildman–Crippen MR) is 97.5 cm³/mol. The number of hydrogen-bond acceptors (Lipinski definition) is 5.